The van der Waals surface area contributed by atoms with Crippen molar-refractivity contribution < 1.29 is 4.42 Å². The number of nitrogens with zero attached hydrogens (tertiary/aromatic N) is 2. The van der Waals surface area contributed by atoms with Gasteiger partial charge in [0.15, 0.2) is 0 Å². The first kappa shape index (κ1) is 15.3. The Morgan fingerprint density at radius 1 is 0.679 bits per heavy atom. The second-order valence-corrected chi connectivity index (χ2v) is 7.15. The molecule has 3 aromatic carbocycles. The van der Waals surface area contributed by atoms with Crippen LogP contribution >= 0.6 is 0 Å². The number of aryl methyl sites for hydroxylation is 1. The number of fused-ring (bicyclic) bond motifs is 6. The van der Waals surface area contributed by atoms with E-state index in [-0.39, 0.29) is 0 Å². The molecule has 0 N–H and O–H groups in total. The number of furan rings is 1. The van der Waals surface area contributed by atoms with E-state index in [0.29, 0.717) is 0 Å². The minimum Gasteiger partial charge on any atom is -0.456 e. The fraction of sp³-hybridized carbons (Fsp3) is 0.0400. The van der Waals surface area contributed by atoms with Crippen LogP contribution in [0, 0.1) is 6.92 Å². The van der Waals surface area contributed by atoms with Gasteiger partial charge in [-0.05, 0) is 60.8 Å². The first-order chi connectivity index (χ1) is 13.8. The molecule has 28 heavy (non-hydrogen) atoms. The average molecular weight is 360 g/mol. The Morgan fingerprint density at radius 2 is 1.54 bits per heavy atom. The summed E-state index contributed by atoms with van der Waals surface area (Å²) >= 11 is 0. The Hall–Kier alpha value is -3.72. The Labute approximate surface area is 161 Å². The van der Waals surface area contributed by atoms with E-state index in [9.17, 15) is 0 Å². The maximum atomic E-state index is 5.97. The van der Waals surface area contributed by atoms with E-state index in [1.165, 1.54) is 5.39 Å². The summed E-state index contributed by atoms with van der Waals surface area (Å²) in [6.07, 6.45) is 1.88. The van der Waals surface area contributed by atoms with Crippen LogP contribution < -0.4 is 0 Å². The van der Waals surface area contributed by atoms with Crippen molar-refractivity contribution >= 4 is 43.6 Å². The maximum Gasteiger partial charge on any atom is 0.135 e. The second-order valence-electron chi connectivity index (χ2n) is 7.15. The highest BCUT2D eigenvalue weighted by Crippen LogP contribution is 2.35. The highest BCUT2D eigenvalue weighted by Gasteiger charge is 2.12. The Kier molecular flexibility index (Phi) is 3.09. The van der Waals surface area contributed by atoms with E-state index < -0.39 is 0 Å². The molecule has 0 unspecified atom stereocenters. The number of hydrogen-bond donors (Lipinski definition) is 0. The molecule has 3 aromatic heterocycles. The minimum atomic E-state index is 0.898. The average Bonchev–Trinajstić information content (AvgIpc) is 3.11. The first-order valence-electron chi connectivity index (χ1n) is 9.35. The molecule has 3 heteroatoms. The van der Waals surface area contributed by atoms with Crippen molar-refractivity contribution in [1.82, 2.24) is 9.97 Å². The number of pyridine rings is 2. The van der Waals surface area contributed by atoms with Crippen LogP contribution in [0.25, 0.3) is 54.9 Å². The van der Waals surface area contributed by atoms with E-state index in [4.69, 9.17) is 9.40 Å². The van der Waals surface area contributed by atoms with Crippen molar-refractivity contribution in [3.05, 3.63) is 84.7 Å². The fourth-order valence-electron chi connectivity index (χ4n) is 4.07. The Morgan fingerprint density at radius 3 is 2.50 bits per heavy atom. The van der Waals surface area contributed by atoms with Crippen LogP contribution in [0.5, 0.6) is 0 Å². The third kappa shape index (κ3) is 2.16. The number of aromatic nitrogens is 2. The Bertz CT molecular complexity index is 1530. The van der Waals surface area contributed by atoms with Crippen LogP contribution in [0.2, 0.25) is 0 Å². The number of benzene rings is 3. The molecule has 0 fully saturated rings. The predicted molar refractivity (Wildman–Crippen MR) is 114 cm³/mol. The molecule has 0 atom stereocenters. The second kappa shape index (κ2) is 5.64. The molecule has 0 saturated carbocycles. The molecule has 132 valence electrons. The molecule has 0 spiro atoms. The molecule has 0 radical (unpaired) electrons. The van der Waals surface area contributed by atoms with E-state index >= 15 is 0 Å². The lowest BCUT2D eigenvalue weighted by Crippen LogP contribution is -1.89. The van der Waals surface area contributed by atoms with Crippen molar-refractivity contribution in [3.63, 3.8) is 0 Å². The lowest BCUT2D eigenvalue weighted by atomic mass is 9.99. The van der Waals surface area contributed by atoms with Gasteiger partial charge in [-0.1, -0.05) is 24.3 Å². The van der Waals surface area contributed by atoms with E-state index in [2.05, 4.69) is 53.5 Å². The normalized spacial score (nSPS) is 11.8. The van der Waals surface area contributed by atoms with Crippen molar-refractivity contribution in [1.29, 1.82) is 0 Å². The standard InChI is InChI=1S/C25H16N2O/c1-15-6-8-18-17-12-13-26-25(20(17)9-10-22(18)27-15)16-7-11-24-21(14-16)19-4-2-3-5-23(19)28-24/h2-14H,1H3. The lowest BCUT2D eigenvalue weighted by molar-refractivity contribution is 0.669. The monoisotopic (exact) mass is 360 g/mol. The zero-order chi connectivity index (χ0) is 18.7. The highest BCUT2D eigenvalue weighted by atomic mass is 16.3. The van der Waals surface area contributed by atoms with Gasteiger partial charge in [-0.3, -0.25) is 9.97 Å². The topological polar surface area (TPSA) is 38.9 Å². The summed E-state index contributed by atoms with van der Waals surface area (Å²) in [5.74, 6) is 0. The molecule has 0 saturated heterocycles. The van der Waals surface area contributed by atoms with Gasteiger partial charge in [0.2, 0.25) is 0 Å². The van der Waals surface area contributed by atoms with Crippen molar-refractivity contribution in [2.24, 2.45) is 0 Å². The molecule has 0 aliphatic carbocycles. The molecule has 0 aliphatic rings. The van der Waals surface area contributed by atoms with Gasteiger partial charge in [-0.25, -0.2) is 0 Å². The predicted octanol–water partition coefficient (Wildman–Crippen LogP) is 6.66. The molecule has 3 nitrogen and oxygen atoms in total. The maximum absolute atomic E-state index is 5.97. The quantitative estimate of drug-likeness (QED) is 0.308. The van der Waals surface area contributed by atoms with E-state index in [1.807, 2.05) is 37.4 Å². The summed E-state index contributed by atoms with van der Waals surface area (Å²) in [6, 6.07) is 25.0. The van der Waals surface area contributed by atoms with Crippen LogP contribution in [-0.2, 0) is 0 Å². The summed E-state index contributed by atoms with van der Waals surface area (Å²) < 4.78 is 5.97. The van der Waals surface area contributed by atoms with Crippen LogP contribution in [0.1, 0.15) is 5.69 Å². The molecule has 0 amide bonds. The fourth-order valence-corrected chi connectivity index (χ4v) is 4.07. The lowest BCUT2D eigenvalue weighted by Gasteiger charge is -2.09. The number of para-hydroxylation sites is 1. The largest absolute Gasteiger partial charge is 0.456 e. The van der Waals surface area contributed by atoms with E-state index in [1.54, 1.807) is 0 Å². The van der Waals surface area contributed by atoms with Crippen molar-refractivity contribution in [2.45, 2.75) is 6.92 Å². The van der Waals surface area contributed by atoms with Crippen LogP contribution in [-0.4, -0.2) is 9.97 Å². The summed E-state index contributed by atoms with van der Waals surface area (Å²) in [5, 5.41) is 5.70. The van der Waals surface area contributed by atoms with Gasteiger partial charge in [-0.15, -0.1) is 0 Å². The molecule has 6 aromatic rings. The van der Waals surface area contributed by atoms with Gasteiger partial charge in [0.25, 0.3) is 0 Å². The first-order valence-corrected chi connectivity index (χ1v) is 9.35. The van der Waals surface area contributed by atoms with Gasteiger partial charge in [0, 0.05) is 39.0 Å². The zero-order valence-electron chi connectivity index (χ0n) is 15.3. The number of rotatable bonds is 1. The molecule has 0 bridgehead atoms. The SMILES string of the molecule is Cc1ccc2c(ccc3c(-c4ccc5oc6ccccc6c5c4)nccc32)n1. The molecular formula is C25H16N2O. The highest BCUT2D eigenvalue weighted by molar-refractivity contribution is 6.11. The van der Waals surface area contributed by atoms with Gasteiger partial charge in [0.1, 0.15) is 11.2 Å². The summed E-state index contributed by atoms with van der Waals surface area (Å²) in [4.78, 5) is 9.39. The molecular weight excluding hydrogens is 344 g/mol. The van der Waals surface area contributed by atoms with Crippen molar-refractivity contribution in [2.75, 3.05) is 0 Å². The minimum absolute atomic E-state index is 0.898. The van der Waals surface area contributed by atoms with E-state index in [0.717, 1.165) is 55.2 Å². The summed E-state index contributed by atoms with van der Waals surface area (Å²) in [6.45, 7) is 2.02. The summed E-state index contributed by atoms with van der Waals surface area (Å²) in [5.41, 5.74) is 5.92. The third-order valence-electron chi connectivity index (χ3n) is 5.40. The van der Waals surface area contributed by atoms with Gasteiger partial charge in [-0.2, -0.15) is 0 Å². The summed E-state index contributed by atoms with van der Waals surface area (Å²) in [7, 11) is 0. The van der Waals surface area contributed by atoms with Crippen molar-refractivity contribution in [3.8, 4) is 11.3 Å². The van der Waals surface area contributed by atoms with Gasteiger partial charge in [0.05, 0.1) is 11.2 Å². The van der Waals surface area contributed by atoms with Crippen LogP contribution in [0.4, 0.5) is 0 Å². The molecule has 6 rings (SSSR count). The van der Waals surface area contributed by atoms with Crippen LogP contribution in [0.3, 0.4) is 0 Å². The van der Waals surface area contributed by atoms with Gasteiger partial charge >= 0.3 is 0 Å². The smallest absolute Gasteiger partial charge is 0.135 e. The molecule has 0 aliphatic heterocycles. The number of hydrogen-bond acceptors (Lipinski definition) is 3. The Balaban J connectivity index is 1.65. The zero-order valence-corrected chi connectivity index (χ0v) is 15.3. The third-order valence-corrected chi connectivity index (χ3v) is 5.40. The van der Waals surface area contributed by atoms with Gasteiger partial charge < -0.3 is 4.42 Å². The molecule has 3 heterocycles. The van der Waals surface area contributed by atoms with Crippen LogP contribution in [0.15, 0.2) is 83.4 Å².